The number of hydrogen-bond donors (Lipinski definition) is 1. The Kier molecular flexibility index (Phi) is 6.00. The van der Waals surface area contributed by atoms with Crippen LogP contribution >= 0.6 is 0 Å². The Bertz CT molecular complexity index is 821. The van der Waals surface area contributed by atoms with Crippen LogP contribution < -0.4 is 10.2 Å². The molecule has 1 amide bonds. The maximum atomic E-state index is 12.4. The second-order valence-corrected chi connectivity index (χ2v) is 7.66. The van der Waals surface area contributed by atoms with Crippen LogP contribution in [0.1, 0.15) is 55.3 Å². The summed E-state index contributed by atoms with van der Waals surface area (Å²) in [5, 5.41) is 11.8. The summed E-state index contributed by atoms with van der Waals surface area (Å²) in [6.07, 6.45) is 10.7. The Labute approximate surface area is 166 Å². The van der Waals surface area contributed by atoms with Crippen molar-refractivity contribution in [1.82, 2.24) is 15.5 Å². The van der Waals surface area contributed by atoms with Crippen LogP contribution in [-0.4, -0.2) is 35.7 Å². The first-order valence-corrected chi connectivity index (χ1v) is 10.4. The van der Waals surface area contributed by atoms with Gasteiger partial charge < -0.3 is 10.2 Å². The molecule has 0 bridgehead atoms. The summed E-state index contributed by atoms with van der Waals surface area (Å²) in [6.45, 7) is 2.83. The minimum absolute atomic E-state index is 0.0153. The van der Waals surface area contributed by atoms with Crippen LogP contribution in [0.25, 0.3) is 11.3 Å². The first kappa shape index (κ1) is 18.7. The highest BCUT2D eigenvalue weighted by molar-refractivity contribution is 5.94. The Balaban J connectivity index is 1.32. The van der Waals surface area contributed by atoms with Gasteiger partial charge in [-0.1, -0.05) is 23.8 Å². The quantitative estimate of drug-likeness (QED) is 0.761. The van der Waals surface area contributed by atoms with Gasteiger partial charge in [-0.15, -0.1) is 10.2 Å². The second kappa shape index (κ2) is 9.00. The SMILES string of the molecule is O=C(NCCC1=CCCCC1)c1ccc(-c2ccc(N3CCCC3)nn2)cc1. The number of nitrogens with zero attached hydrogens (tertiary/aromatic N) is 3. The summed E-state index contributed by atoms with van der Waals surface area (Å²) < 4.78 is 0. The number of carbonyl (C=O) groups excluding carboxylic acids is 1. The molecule has 1 aliphatic carbocycles. The van der Waals surface area contributed by atoms with Crippen molar-refractivity contribution >= 4 is 11.7 Å². The van der Waals surface area contributed by atoms with E-state index >= 15 is 0 Å². The van der Waals surface area contributed by atoms with Gasteiger partial charge in [0.05, 0.1) is 5.69 Å². The van der Waals surface area contributed by atoms with Crippen molar-refractivity contribution in [2.75, 3.05) is 24.5 Å². The van der Waals surface area contributed by atoms with Crippen molar-refractivity contribution in [1.29, 1.82) is 0 Å². The van der Waals surface area contributed by atoms with Crippen LogP contribution in [0, 0.1) is 0 Å². The van der Waals surface area contributed by atoms with Crippen LogP contribution in [0.2, 0.25) is 0 Å². The van der Waals surface area contributed by atoms with Gasteiger partial charge in [0.15, 0.2) is 5.82 Å². The topological polar surface area (TPSA) is 58.1 Å². The van der Waals surface area contributed by atoms with Crippen LogP contribution in [0.3, 0.4) is 0 Å². The Morgan fingerprint density at radius 1 is 0.964 bits per heavy atom. The summed E-state index contributed by atoms with van der Waals surface area (Å²) in [4.78, 5) is 14.6. The van der Waals surface area contributed by atoms with E-state index in [1.165, 1.54) is 44.1 Å². The van der Waals surface area contributed by atoms with Gasteiger partial charge >= 0.3 is 0 Å². The Hall–Kier alpha value is -2.69. The number of benzene rings is 1. The van der Waals surface area contributed by atoms with E-state index in [2.05, 4.69) is 26.5 Å². The molecular formula is C23H28N4O. The van der Waals surface area contributed by atoms with E-state index in [-0.39, 0.29) is 5.91 Å². The van der Waals surface area contributed by atoms with Gasteiger partial charge in [-0.2, -0.15) is 0 Å². The van der Waals surface area contributed by atoms with E-state index in [4.69, 9.17) is 0 Å². The minimum atomic E-state index is -0.0153. The molecule has 1 saturated heterocycles. The van der Waals surface area contributed by atoms with Crippen molar-refractivity contribution in [3.05, 3.63) is 53.6 Å². The summed E-state index contributed by atoms with van der Waals surface area (Å²) in [5.41, 5.74) is 3.98. The number of allylic oxidation sites excluding steroid dienone is 1. The van der Waals surface area contributed by atoms with Gasteiger partial charge in [-0.25, -0.2) is 0 Å². The van der Waals surface area contributed by atoms with Gasteiger partial charge in [0.25, 0.3) is 5.91 Å². The molecule has 0 atom stereocenters. The molecule has 1 aliphatic heterocycles. The van der Waals surface area contributed by atoms with Crippen molar-refractivity contribution < 1.29 is 4.79 Å². The molecule has 5 nitrogen and oxygen atoms in total. The van der Waals surface area contributed by atoms with Gasteiger partial charge in [0, 0.05) is 30.8 Å². The number of anilines is 1. The van der Waals surface area contributed by atoms with E-state index in [1.807, 2.05) is 36.4 Å². The fourth-order valence-corrected chi connectivity index (χ4v) is 3.96. The Morgan fingerprint density at radius 2 is 1.79 bits per heavy atom. The molecule has 28 heavy (non-hydrogen) atoms. The molecule has 1 N–H and O–H groups in total. The van der Waals surface area contributed by atoms with Crippen molar-refractivity contribution in [3.63, 3.8) is 0 Å². The lowest BCUT2D eigenvalue weighted by Gasteiger charge is -2.15. The molecule has 2 aliphatic rings. The number of hydrogen-bond acceptors (Lipinski definition) is 4. The molecule has 4 rings (SSSR count). The van der Waals surface area contributed by atoms with E-state index in [0.29, 0.717) is 12.1 Å². The van der Waals surface area contributed by atoms with Gasteiger partial charge in [0.1, 0.15) is 0 Å². The summed E-state index contributed by atoms with van der Waals surface area (Å²) in [5.74, 6) is 0.934. The molecule has 5 heteroatoms. The van der Waals surface area contributed by atoms with Gasteiger partial charge in [-0.05, 0) is 69.2 Å². The molecular weight excluding hydrogens is 348 g/mol. The first-order valence-electron chi connectivity index (χ1n) is 10.4. The third-order valence-electron chi connectivity index (χ3n) is 5.64. The number of amides is 1. The zero-order valence-electron chi connectivity index (χ0n) is 16.4. The molecule has 1 aromatic heterocycles. The summed E-state index contributed by atoms with van der Waals surface area (Å²) in [7, 11) is 0. The van der Waals surface area contributed by atoms with Crippen LogP contribution in [0.5, 0.6) is 0 Å². The van der Waals surface area contributed by atoms with Crippen LogP contribution in [0.4, 0.5) is 5.82 Å². The lowest BCUT2D eigenvalue weighted by molar-refractivity contribution is 0.0954. The molecule has 0 saturated carbocycles. The summed E-state index contributed by atoms with van der Waals surface area (Å²) in [6, 6.07) is 11.7. The standard InChI is InChI=1S/C23H28N4O/c28-23(24-15-14-18-6-2-1-3-7-18)20-10-8-19(9-11-20)21-12-13-22(26-25-21)27-16-4-5-17-27/h6,8-13H,1-5,7,14-17H2,(H,24,28). The highest BCUT2D eigenvalue weighted by Crippen LogP contribution is 2.22. The maximum Gasteiger partial charge on any atom is 0.251 e. The van der Waals surface area contributed by atoms with E-state index in [0.717, 1.165) is 36.6 Å². The lowest BCUT2D eigenvalue weighted by Crippen LogP contribution is -2.24. The monoisotopic (exact) mass is 376 g/mol. The zero-order chi connectivity index (χ0) is 19.2. The third kappa shape index (κ3) is 4.58. The molecule has 1 aromatic carbocycles. The molecule has 0 unspecified atom stereocenters. The number of carbonyl (C=O) groups is 1. The number of nitrogens with one attached hydrogen (secondary N) is 1. The van der Waals surface area contributed by atoms with Crippen molar-refractivity contribution in [3.8, 4) is 11.3 Å². The van der Waals surface area contributed by atoms with Crippen molar-refractivity contribution in [2.24, 2.45) is 0 Å². The summed E-state index contributed by atoms with van der Waals surface area (Å²) >= 11 is 0. The number of aromatic nitrogens is 2. The van der Waals surface area contributed by atoms with Crippen molar-refractivity contribution in [2.45, 2.75) is 44.9 Å². The third-order valence-corrected chi connectivity index (χ3v) is 5.64. The second-order valence-electron chi connectivity index (χ2n) is 7.66. The van der Waals surface area contributed by atoms with Crippen LogP contribution in [-0.2, 0) is 0 Å². The van der Waals surface area contributed by atoms with Crippen LogP contribution in [0.15, 0.2) is 48.0 Å². The number of rotatable bonds is 6. The maximum absolute atomic E-state index is 12.4. The molecule has 0 radical (unpaired) electrons. The molecule has 0 spiro atoms. The predicted octanol–water partition coefficient (Wildman–Crippen LogP) is 4.36. The lowest BCUT2D eigenvalue weighted by atomic mass is 9.97. The average Bonchev–Trinajstić information content (AvgIpc) is 3.30. The highest BCUT2D eigenvalue weighted by atomic mass is 16.1. The Morgan fingerprint density at radius 3 is 2.46 bits per heavy atom. The highest BCUT2D eigenvalue weighted by Gasteiger charge is 2.14. The fourth-order valence-electron chi connectivity index (χ4n) is 3.96. The average molecular weight is 377 g/mol. The van der Waals surface area contributed by atoms with E-state index in [1.54, 1.807) is 0 Å². The zero-order valence-corrected chi connectivity index (χ0v) is 16.4. The predicted molar refractivity (Wildman–Crippen MR) is 112 cm³/mol. The first-order chi connectivity index (χ1) is 13.8. The van der Waals surface area contributed by atoms with Gasteiger partial charge in [-0.3, -0.25) is 4.79 Å². The molecule has 2 heterocycles. The molecule has 2 aromatic rings. The van der Waals surface area contributed by atoms with E-state index in [9.17, 15) is 4.79 Å². The normalized spacial score (nSPS) is 16.7. The van der Waals surface area contributed by atoms with Gasteiger partial charge in [0.2, 0.25) is 0 Å². The largest absolute Gasteiger partial charge is 0.355 e. The molecule has 146 valence electrons. The molecule has 1 fully saturated rings. The fraction of sp³-hybridized carbons (Fsp3) is 0.435. The smallest absolute Gasteiger partial charge is 0.251 e. The minimum Gasteiger partial charge on any atom is -0.355 e. The van der Waals surface area contributed by atoms with E-state index < -0.39 is 0 Å².